The standard InChI is InChI=1S/C24H20Cl2N4O2/c25-15-3-7-20(26)18(11-15)22-8-6-17(32-22)12-30-10-9-21-19(13-30)24(31)29-23(28-21)14-1-4-16(27)5-2-14/h1-8,11H,9-10,12-13,27H2,(H,28,29,31). The summed E-state index contributed by atoms with van der Waals surface area (Å²) in [4.78, 5) is 22.6. The maximum Gasteiger partial charge on any atom is 0.255 e. The van der Waals surface area contributed by atoms with Crippen molar-refractivity contribution in [3.05, 3.63) is 92.0 Å². The summed E-state index contributed by atoms with van der Waals surface area (Å²) in [6.45, 7) is 1.86. The summed E-state index contributed by atoms with van der Waals surface area (Å²) in [6.07, 6.45) is 0.689. The Morgan fingerprint density at radius 3 is 2.72 bits per heavy atom. The Morgan fingerprint density at radius 1 is 1.09 bits per heavy atom. The van der Waals surface area contributed by atoms with Crippen LogP contribution in [0, 0.1) is 0 Å². The first-order valence-electron chi connectivity index (χ1n) is 10.2. The van der Waals surface area contributed by atoms with Gasteiger partial charge < -0.3 is 15.1 Å². The number of aromatic nitrogens is 2. The molecule has 0 saturated heterocycles. The second-order valence-electron chi connectivity index (χ2n) is 7.81. The van der Waals surface area contributed by atoms with E-state index in [1.165, 1.54) is 0 Å². The highest BCUT2D eigenvalue weighted by Gasteiger charge is 2.22. The van der Waals surface area contributed by atoms with Crippen molar-refractivity contribution < 1.29 is 4.42 Å². The quantitative estimate of drug-likeness (QED) is 0.406. The van der Waals surface area contributed by atoms with Gasteiger partial charge >= 0.3 is 0 Å². The Hall–Kier alpha value is -3.06. The normalized spacial score (nSPS) is 13.8. The number of anilines is 1. The first kappa shape index (κ1) is 20.8. The Morgan fingerprint density at radius 2 is 1.91 bits per heavy atom. The van der Waals surface area contributed by atoms with E-state index >= 15 is 0 Å². The van der Waals surface area contributed by atoms with Crippen molar-refractivity contribution in [1.82, 2.24) is 14.9 Å². The van der Waals surface area contributed by atoms with Crippen LogP contribution in [0.3, 0.4) is 0 Å². The van der Waals surface area contributed by atoms with Gasteiger partial charge in [-0.3, -0.25) is 9.69 Å². The second kappa shape index (κ2) is 8.47. The van der Waals surface area contributed by atoms with E-state index in [9.17, 15) is 4.79 Å². The molecule has 3 N–H and O–H groups in total. The molecule has 0 atom stereocenters. The molecule has 162 valence electrons. The molecule has 4 aromatic rings. The van der Waals surface area contributed by atoms with Gasteiger partial charge in [-0.2, -0.15) is 0 Å². The van der Waals surface area contributed by atoms with Crippen LogP contribution in [-0.4, -0.2) is 21.4 Å². The van der Waals surface area contributed by atoms with E-state index in [0.717, 1.165) is 29.1 Å². The molecule has 5 rings (SSSR count). The topological polar surface area (TPSA) is 88.1 Å². The molecular formula is C24H20Cl2N4O2. The van der Waals surface area contributed by atoms with Gasteiger partial charge in [0.2, 0.25) is 0 Å². The monoisotopic (exact) mass is 466 g/mol. The number of benzene rings is 2. The van der Waals surface area contributed by atoms with Crippen LogP contribution in [-0.2, 0) is 19.5 Å². The number of H-pyrrole nitrogens is 1. The number of aromatic amines is 1. The molecule has 0 bridgehead atoms. The predicted molar refractivity (Wildman–Crippen MR) is 127 cm³/mol. The third-order valence-corrected chi connectivity index (χ3v) is 6.13. The molecule has 2 aromatic carbocycles. The molecule has 0 fully saturated rings. The fourth-order valence-electron chi connectivity index (χ4n) is 3.91. The van der Waals surface area contributed by atoms with Gasteiger partial charge in [0.25, 0.3) is 5.56 Å². The molecule has 32 heavy (non-hydrogen) atoms. The van der Waals surface area contributed by atoms with Gasteiger partial charge in [0, 0.05) is 41.3 Å². The number of nitrogens with one attached hydrogen (secondary N) is 1. The first-order chi connectivity index (χ1) is 15.5. The Bertz CT molecular complexity index is 1350. The van der Waals surface area contributed by atoms with E-state index in [2.05, 4.69) is 9.88 Å². The number of nitrogens with zero attached hydrogens (tertiary/aromatic N) is 2. The molecule has 6 nitrogen and oxygen atoms in total. The van der Waals surface area contributed by atoms with Crippen LogP contribution >= 0.6 is 23.2 Å². The Kier molecular flexibility index (Phi) is 5.51. The van der Waals surface area contributed by atoms with E-state index in [4.69, 9.17) is 38.3 Å². The van der Waals surface area contributed by atoms with Crippen molar-refractivity contribution >= 4 is 28.9 Å². The number of rotatable bonds is 4. The summed E-state index contributed by atoms with van der Waals surface area (Å²) >= 11 is 12.4. The highest BCUT2D eigenvalue weighted by molar-refractivity contribution is 6.35. The molecule has 3 heterocycles. The lowest BCUT2D eigenvalue weighted by molar-refractivity contribution is 0.223. The lowest BCUT2D eigenvalue weighted by Crippen LogP contribution is -2.35. The van der Waals surface area contributed by atoms with Gasteiger partial charge in [-0.15, -0.1) is 0 Å². The van der Waals surface area contributed by atoms with E-state index < -0.39 is 0 Å². The van der Waals surface area contributed by atoms with E-state index in [1.807, 2.05) is 24.3 Å². The minimum Gasteiger partial charge on any atom is -0.460 e. The number of furan rings is 1. The van der Waals surface area contributed by atoms with Crippen LogP contribution in [0.1, 0.15) is 17.0 Å². The smallest absolute Gasteiger partial charge is 0.255 e. The summed E-state index contributed by atoms with van der Waals surface area (Å²) in [7, 11) is 0. The van der Waals surface area contributed by atoms with E-state index in [-0.39, 0.29) is 5.56 Å². The molecule has 2 aromatic heterocycles. The summed E-state index contributed by atoms with van der Waals surface area (Å²) < 4.78 is 6.02. The molecule has 0 aliphatic carbocycles. The van der Waals surface area contributed by atoms with E-state index in [1.54, 1.807) is 30.3 Å². The highest BCUT2D eigenvalue weighted by Crippen LogP contribution is 2.32. The van der Waals surface area contributed by atoms with Gasteiger partial charge in [0.05, 0.1) is 22.8 Å². The molecule has 0 radical (unpaired) electrons. The molecule has 1 aliphatic heterocycles. The Balaban J connectivity index is 1.34. The van der Waals surface area contributed by atoms with Crippen LogP contribution < -0.4 is 11.3 Å². The molecule has 0 saturated carbocycles. The average Bonchev–Trinajstić information content (AvgIpc) is 3.24. The SMILES string of the molecule is Nc1ccc(-c2nc3c(c(=O)[nH]2)CN(Cc2ccc(-c4cc(Cl)ccc4Cl)o2)CC3)cc1. The van der Waals surface area contributed by atoms with Crippen molar-refractivity contribution in [1.29, 1.82) is 0 Å². The fraction of sp³-hybridized carbons (Fsp3) is 0.167. The van der Waals surface area contributed by atoms with Crippen molar-refractivity contribution in [2.45, 2.75) is 19.5 Å². The lowest BCUT2D eigenvalue weighted by Gasteiger charge is -2.26. The summed E-state index contributed by atoms with van der Waals surface area (Å²) in [6, 6.07) is 16.4. The van der Waals surface area contributed by atoms with Crippen molar-refractivity contribution in [2.75, 3.05) is 12.3 Å². The zero-order chi connectivity index (χ0) is 22.2. The van der Waals surface area contributed by atoms with Gasteiger partial charge in [0.1, 0.15) is 17.3 Å². The summed E-state index contributed by atoms with van der Waals surface area (Å²) in [5, 5.41) is 1.18. The zero-order valence-electron chi connectivity index (χ0n) is 17.1. The highest BCUT2D eigenvalue weighted by atomic mass is 35.5. The molecule has 0 amide bonds. The van der Waals surface area contributed by atoms with Crippen LogP contribution in [0.25, 0.3) is 22.7 Å². The number of nitrogen functional groups attached to an aromatic ring is 1. The fourth-order valence-corrected chi connectivity index (χ4v) is 4.29. The van der Waals surface area contributed by atoms with E-state index in [0.29, 0.717) is 52.4 Å². The van der Waals surface area contributed by atoms with Crippen LogP contribution in [0.5, 0.6) is 0 Å². The van der Waals surface area contributed by atoms with Gasteiger partial charge in [-0.25, -0.2) is 4.98 Å². The number of hydrogen-bond acceptors (Lipinski definition) is 5. The average molecular weight is 467 g/mol. The zero-order valence-corrected chi connectivity index (χ0v) is 18.6. The Labute approximate surface area is 194 Å². The number of fused-ring (bicyclic) bond motifs is 1. The van der Waals surface area contributed by atoms with Gasteiger partial charge in [-0.05, 0) is 54.6 Å². The molecule has 1 aliphatic rings. The predicted octanol–water partition coefficient (Wildman–Crippen LogP) is 5.14. The second-order valence-corrected chi connectivity index (χ2v) is 8.66. The van der Waals surface area contributed by atoms with Gasteiger partial charge in [0.15, 0.2) is 0 Å². The molecule has 0 unspecified atom stereocenters. The number of nitrogens with two attached hydrogens (primary N) is 1. The van der Waals surface area contributed by atoms with Crippen LogP contribution in [0.15, 0.2) is 63.8 Å². The summed E-state index contributed by atoms with van der Waals surface area (Å²) in [5.41, 5.74) is 9.43. The largest absolute Gasteiger partial charge is 0.460 e. The van der Waals surface area contributed by atoms with Crippen LogP contribution in [0.4, 0.5) is 5.69 Å². The van der Waals surface area contributed by atoms with Gasteiger partial charge in [-0.1, -0.05) is 23.2 Å². The van der Waals surface area contributed by atoms with Crippen molar-refractivity contribution in [2.24, 2.45) is 0 Å². The third-order valence-electron chi connectivity index (χ3n) is 5.57. The summed E-state index contributed by atoms with van der Waals surface area (Å²) in [5.74, 6) is 2.02. The number of halogens is 2. The minimum atomic E-state index is -0.114. The lowest BCUT2D eigenvalue weighted by atomic mass is 10.1. The molecular weight excluding hydrogens is 447 g/mol. The molecule has 0 spiro atoms. The van der Waals surface area contributed by atoms with Crippen LogP contribution in [0.2, 0.25) is 10.0 Å². The first-order valence-corrected chi connectivity index (χ1v) is 11.0. The molecule has 8 heteroatoms. The third kappa shape index (κ3) is 4.17. The maximum atomic E-state index is 12.8. The van der Waals surface area contributed by atoms with Crippen molar-refractivity contribution in [3.63, 3.8) is 0 Å². The maximum absolute atomic E-state index is 12.8. The minimum absolute atomic E-state index is 0.114. The number of hydrogen-bond donors (Lipinski definition) is 2. The van der Waals surface area contributed by atoms with Crippen molar-refractivity contribution in [3.8, 4) is 22.7 Å².